The molecule has 1 N–H and O–H groups in total. The Labute approximate surface area is 222 Å². The molecule has 198 valence electrons. The summed E-state index contributed by atoms with van der Waals surface area (Å²) in [7, 11) is -3.16. The van der Waals surface area contributed by atoms with Crippen LogP contribution in [-0.2, 0) is 32.3 Å². The van der Waals surface area contributed by atoms with Gasteiger partial charge in [-0.25, -0.2) is 13.2 Å². The van der Waals surface area contributed by atoms with Gasteiger partial charge in [0.2, 0.25) is 0 Å². The Morgan fingerprint density at radius 1 is 1.08 bits per heavy atom. The lowest BCUT2D eigenvalue weighted by Gasteiger charge is -2.25. The van der Waals surface area contributed by atoms with Crippen LogP contribution < -0.4 is 5.32 Å². The van der Waals surface area contributed by atoms with Gasteiger partial charge >= 0.3 is 6.09 Å². The first-order valence-corrected chi connectivity index (χ1v) is 14.9. The zero-order valence-electron chi connectivity index (χ0n) is 21.5. The molecule has 2 aliphatic heterocycles. The van der Waals surface area contributed by atoms with Crippen molar-refractivity contribution < 1.29 is 22.7 Å². The highest BCUT2D eigenvalue weighted by Crippen LogP contribution is 2.39. The number of aliphatic imine (C=N–C) groups is 1. The Kier molecular flexibility index (Phi) is 7.99. The van der Waals surface area contributed by atoms with Crippen LogP contribution in [0.5, 0.6) is 0 Å². The van der Waals surface area contributed by atoms with Gasteiger partial charge in [0.05, 0.1) is 17.5 Å². The molecule has 0 spiro atoms. The molecule has 2 heterocycles. The summed E-state index contributed by atoms with van der Waals surface area (Å²) in [6.45, 7) is 7.72. The molecule has 3 atom stereocenters. The van der Waals surface area contributed by atoms with Gasteiger partial charge in [-0.2, -0.15) is 4.99 Å². The van der Waals surface area contributed by atoms with Crippen molar-refractivity contribution in [2.45, 2.75) is 63.6 Å². The van der Waals surface area contributed by atoms with Crippen LogP contribution in [0.2, 0.25) is 0 Å². The number of nitrogens with zero attached hydrogens (tertiary/aromatic N) is 2. The first kappa shape index (κ1) is 27.2. The molecular formula is C27H33N3O5S2. The van der Waals surface area contributed by atoms with Crippen molar-refractivity contribution in [3.63, 3.8) is 0 Å². The minimum absolute atomic E-state index is 0.0351. The van der Waals surface area contributed by atoms with Crippen molar-refractivity contribution in [2.24, 2.45) is 4.99 Å². The Bertz CT molecular complexity index is 1270. The van der Waals surface area contributed by atoms with Gasteiger partial charge in [-0.3, -0.25) is 4.79 Å². The summed E-state index contributed by atoms with van der Waals surface area (Å²) >= 11 is 1.33. The van der Waals surface area contributed by atoms with E-state index in [1.165, 1.54) is 11.8 Å². The highest BCUT2D eigenvalue weighted by atomic mass is 32.2. The van der Waals surface area contributed by atoms with E-state index in [-0.39, 0.29) is 29.2 Å². The van der Waals surface area contributed by atoms with Gasteiger partial charge in [-0.05, 0) is 38.8 Å². The zero-order chi connectivity index (χ0) is 26.8. The predicted octanol–water partition coefficient (Wildman–Crippen LogP) is 3.73. The number of ether oxygens (including phenoxy) is 1. The summed E-state index contributed by atoms with van der Waals surface area (Å²) in [6.07, 6.45) is -0.444. The van der Waals surface area contributed by atoms with Crippen LogP contribution in [0.3, 0.4) is 0 Å². The second-order valence-electron chi connectivity index (χ2n) is 10.5. The average molecular weight is 544 g/mol. The molecule has 10 heteroatoms. The molecule has 8 nitrogen and oxygen atoms in total. The summed E-state index contributed by atoms with van der Waals surface area (Å²) in [4.78, 5) is 32.4. The van der Waals surface area contributed by atoms with E-state index in [1.807, 2.05) is 66.4 Å². The number of benzene rings is 2. The molecule has 2 fully saturated rings. The predicted molar refractivity (Wildman–Crippen MR) is 146 cm³/mol. The molecule has 0 aromatic heterocycles. The first-order valence-electron chi connectivity index (χ1n) is 12.2. The molecule has 0 aliphatic carbocycles. The molecular weight excluding hydrogens is 510 g/mol. The number of amidine groups is 1. The van der Waals surface area contributed by atoms with Gasteiger partial charge in [0.15, 0.2) is 15.0 Å². The Morgan fingerprint density at radius 2 is 1.76 bits per heavy atom. The van der Waals surface area contributed by atoms with E-state index in [0.717, 1.165) is 16.7 Å². The second kappa shape index (κ2) is 10.9. The van der Waals surface area contributed by atoms with E-state index < -0.39 is 33.5 Å². The maximum absolute atomic E-state index is 13.5. The van der Waals surface area contributed by atoms with Gasteiger partial charge in [-0.1, -0.05) is 71.9 Å². The van der Waals surface area contributed by atoms with Crippen LogP contribution >= 0.6 is 11.8 Å². The largest absolute Gasteiger partial charge is 0.444 e. The molecule has 0 bridgehead atoms. The molecule has 2 saturated heterocycles. The Morgan fingerprint density at radius 3 is 2.41 bits per heavy atom. The number of sulfone groups is 1. The van der Waals surface area contributed by atoms with E-state index in [0.29, 0.717) is 11.7 Å². The van der Waals surface area contributed by atoms with E-state index in [2.05, 4.69) is 10.3 Å². The number of thioether (sulfide) groups is 1. The molecule has 4 rings (SSSR count). The summed E-state index contributed by atoms with van der Waals surface area (Å²) < 4.78 is 30.1. The van der Waals surface area contributed by atoms with Crippen molar-refractivity contribution in [3.05, 3.63) is 71.3 Å². The topological polar surface area (TPSA) is 105 Å². The van der Waals surface area contributed by atoms with Gasteiger partial charge in [0.25, 0.3) is 5.91 Å². The lowest BCUT2D eigenvalue weighted by molar-refractivity contribution is -0.119. The van der Waals surface area contributed by atoms with E-state index >= 15 is 0 Å². The monoisotopic (exact) mass is 543 g/mol. The van der Waals surface area contributed by atoms with E-state index in [4.69, 9.17) is 4.74 Å². The number of amides is 2. The SMILES string of the molecule is Cc1ccc(CN2C(=NC(=O)[C@@H](Cc3ccccc3)NC(=O)OC(C)(C)C)S[C@@H]3CS(=O)(=O)C[C@H]32)cc1. The van der Waals surface area contributed by atoms with Crippen LogP contribution in [0.25, 0.3) is 0 Å². The summed E-state index contributed by atoms with van der Waals surface area (Å²) in [5.41, 5.74) is 2.28. The molecule has 37 heavy (non-hydrogen) atoms. The van der Waals surface area contributed by atoms with Crippen LogP contribution in [-0.4, -0.2) is 64.9 Å². The van der Waals surface area contributed by atoms with Crippen LogP contribution in [0.1, 0.15) is 37.5 Å². The lowest BCUT2D eigenvalue weighted by Crippen LogP contribution is -2.45. The first-order chi connectivity index (χ1) is 17.4. The van der Waals surface area contributed by atoms with Crippen molar-refractivity contribution in [3.8, 4) is 0 Å². The van der Waals surface area contributed by atoms with Gasteiger partial charge in [0.1, 0.15) is 11.6 Å². The van der Waals surface area contributed by atoms with E-state index in [1.54, 1.807) is 20.8 Å². The molecule has 2 aromatic carbocycles. The van der Waals surface area contributed by atoms with Crippen LogP contribution in [0, 0.1) is 6.92 Å². The maximum Gasteiger partial charge on any atom is 0.408 e. The molecule has 2 amide bonds. The minimum Gasteiger partial charge on any atom is -0.444 e. The Balaban J connectivity index is 1.60. The molecule has 2 aliphatic rings. The number of rotatable bonds is 6. The number of nitrogens with one attached hydrogen (secondary N) is 1. The fraction of sp³-hybridized carbons (Fsp3) is 0.444. The van der Waals surface area contributed by atoms with Gasteiger partial charge in [-0.15, -0.1) is 0 Å². The average Bonchev–Trinajstić information content (AvgIpc) is 3.25. The third-order valence-electron chi connectivity index (χ3n) is 6.13. The quantitative estimate of drug-likeness (QED) is 0.592. The highest BCUT2D eigenvalue weighted by molar-refractivity contribution is 8.15. The number of fused-ring (bicyclic) bond motifs is 1. The summed E-state index contributed by atoms with van der Waals surface area (Å²) in [6, 6.07) is 16.2. The number of alkyl carbamates (subject to hydrolysis) is 1. The number of carbonyl (C=O) groups is 2. The van der Waals surface area contributed by atoms with E-state index in [9.17, 15) is 18.0 Å². The normalized spacial score (nSPS) is 22.5. The third-order valence-corrected chi connectivity index (χ3v) is 9.37. The number of hydrogen-bond donors (Lipinski definition) is 1. The Hall–Kier alpha value is -2.85. The standard InChI is InChI=1S/C27H33N3O5S2/c1-18-10-12-20(13-11-18)15-30-22-16-37(33,34)17-23(22)36-25(30)29-24(31)21(14-19-8-6-5-7-9-19)28-26(32)35-27(2,3)4/h5-13,21-23H,14-17H2,1-4H3,(H,28,32)/t21-,22-,23-/m1/s1. The van der Waals surface area contributed by atoms with Crippen LogP contribution in [0.4, 0.5) is 4.79 Å². The summed E-state index contributed by atoms with van der Waals surface area (Å²) in [5.74, 6) is -0.411. The number of carbonyl (C=O) groups excluding carboxylic acids is 2. The van der Waals surface area contributed by atoms with Crippen LogP contribution in [0.15, 0.2) is 59.6 Å². The number of hydrogen-bond acceptors (Lipinski definition) is 6. The van der Waals surface area contributed by atoms with Crippen molar-refractivity contribution in [2.75, 3.05) is 11.5 Å². The van der Waals surface area contributed by atoms with Crippen molar-refractivity contribution >= 4 is 38.8 Å². The summed E-state index contributed by atoms with van der Waals surface area (Å²) in [5, 5.41) is 2.99. The molecule has 0 saturated carbocycles. The number of aryl methyl sites for hydroxylation is 1. The second-order valence-corrected chi connectivity index (χ2v) is 13.9. The fourth-order valence-corrected chi connectivity index (χ4v) is 8.34. The molecule has 2 aromatic rings. The third kappa shape index (κ3) is 7.35. The molecule has 0 unspecified atom stereocenters. The lowest BCUT2D eigenvalue weighted by atomic mass is 10.1. The minimum atomic E-state index is -3.16. The molecule has 0 radical (unpaired) electrons. The smallest absolute Gasteiger partial charge is 0.408 e. The van der Waals surface area contributed by atoms with Crippen molar-refractivity contribution in [1.82, 2.24) is 10.2 Å². The fourth-order valence-electron chi connectivity index (χ4n) is 4.38. The van der Waals surface area contributed by atoms with Gasteiger partial charge in [0, 0.05) is 18.2 Å². The zero-order valence-corrected chi connectivity index (χ0v) is 23.1. The maximum atomic E-state index is 13.5. The highest BCUT2D eigenvalue weighted by Gasteiger charge is 2.48. The van der Waals surface area contributed by atoms with Crippen molar-refractivity contribution in [1.29, 1.82) is 0 Å². The van der Waals surface area contributed by atoms with Gasteiger partial charge < -0.3 is 15.0 Å².